The predicted molar refractivity (Wildman–Crippen MR) is 141 cm³/mol. The average Bonchev–Trinajstić information content (AvgIpc) is 3.40. The van der Waals surface area contributed by atoms with E-state index in [2.05, 4.69) is 9.97 Å². The molecule has 2 aromatic rings. The van der Waals surface area contributed by atoms with Crippen LogP contribution in [0.1, 0.15) is 60.6 Å². The first-order valence-electron chi connectivity index (χ1n) is 12.1. The van der Waals surface area contributed by atoms with Crippen LogP contribution in [0.15, 0.2) is 11.0 Å². The molecule has 3 heterocycles. The minimum Gasteiger partial charge on any atom is -0.433 e. The van der Waals surface area contributed by atoms with Gasteiger partial charge in [0.25, 0.3) is 5.56 Å². The Morgan fingerprint density at radius 1 is 1.13 bits per heavy atom. The average molecular weight is 594 g/mol. The third-order valence-corrected chi connectivity index (χ3v) is 7.14. The number of halogens is 1. The summed E-state index contributed by atoms with van der Waals surface area (Å²) in [5.74, 6) is -1.20. The Balaban J connectivity index is 1.64. The second-order valence-electron chi connectivity index (χ2n) is 10.9. The third-order valence-electron chi connectivity index (χ3n) is 5.51. The zero-order valence-corrected chi connectivity index (χ0v) is 24.3. The molecule has 0 amide bonds. The van der Waals surface area contributed by atoms with Crippen LogP contribution < -0.4 is 11.3 Å². The summed E-state index contributed by atoms with van der Waals surface area (Å²) in [7, 11) is -4.12. The number of nitrogens with one attached hydrogen (secondary N) is 1. The molecule has 4 N–H and O–H groups in total. The molecule has 1 aliphatic rings. The van der Waals surface area contributed by atoms with Crippen molar-refractivity contribution >= 4 is 48.7 Å². The number of hydrogen-bond acceptors (Lipinski definition) is 12. The summed E-state index contributed by atoms with van der Waals surface area (Å²) in [5.41, 5.74) is 3.89. The lowest BCUT2D eigenvalue weighted by Gasteiger charge is -2.20. The van der Waals surface area contributed by atoms with Crippen LogP contribution in [0.25, 0.3) is 11.0 Å². The van der Waals surface area contributed by atoms with E-state index < -0.39 is 62.4 Å². The van der Waals surface area contributed by atoms with Gasteiger partial charge in [-0.25, -0.2) is 0 Å². The summed E-state index contributed by atoms with van der Waals surface area (Å²) >= 11 is 6.23. The summed E-state index contributed by atoms with van der Waals surface area (Å²) in [6.45, 7) is 8.46. The van der Waals surface area contributed by atoms with Crippen LogP contribution in [-0.2, 0) is 37.4 Å². The zero-order chi connectivity index (χ0) is 29.2. The van der Waals surface area contributed by atoms with Gasteiger partial charge in [0.2, 0.25) is 19.5 Å². The maximum absolute atomic E-state index is 12.2. The smallest absolute Gasteiger partial charge is 0.433 e. The highest BCUT2D eigenvalue weighted by Gasteiger charge is 2.48. The fraction of sp³-hybridized carbons (Fsp3) is 0.652. The Labute approximate surface area is 230 Å². The summed E-state index contributed by atoms with van der Waals surface area (Å²) in [6, 6.07) is 0. The number of nitrogens with zero attached hydrogens (tertiary/aromatic N) is 2. The molecule has 1 fully saturated rings. The number of H-pyrrole nitrogens is 1. The van der Waals surface area contributed by atoms with Crippen LogP contribution in [0, 0.1) is 10.8 Å². The second kappa shape index (κ2) is 12.0. The molecule has 2 aromatic heterocycles. The minimum atomic E-state index is -4.12. The summed E-state index contributed by atoms with van der Waals surface area (Å²) < 4.78 is 33.8. The van der Waals surface area contributed by atoms with Crippen molar-refractivity contribution in [3.63, 3.8) is 0 Å². The Bertz CT molecular complexity index is 1220. The van der Waals surface area contributed by atoms with E-state index in [0.29, 0.717) is 12.8 Å². The van der Waals surface area contributed by atoms with Crippen molar-refractivity contribution in [1.82, 2.24) is 14.5 Å². The topological polar surface area (TPSA) is 186 Å². The fourth-order valence-electron chi connectivity index (χ4n) is 3.38. The van der Waals surface area contributed by atoms with Crippen LogP contribution >= 0.6 is 19.8 Å². The Kier molecular flexibility index (Phi) is 9.64. The highest BCUT2D eigenvalue weighted by atomic mass is 35.5. The maximum atomic E-state index is 12.2. The maximum Gasteiger partial charge on any atom is 0.579 e. The molecule has 14 nitrogen and oxygen atoms in total. The molecule has 0 bridgehead atoms. The summed E-state index contributed by atoms with van der Waals surface area (Å²) in [6.07, 6.45) is 1.46. The van der Waals surface area contributed by atoms with Gasteiger partial charge >= 0.3 is 20.1 Å². The van der Waals surface area contributed by atoms with Crippen molar-refractivity contribution in [2.75, 3.05) is 25.9 Å². The molecule has 1 aliphatic heterocycles. The van der Waals surface area contributed by atoms with Crippen molar-refractivity contribution in [2.24, 2.45) is 10.8 Å². The molecule has 0 spiro atoms. The van der Waals surface area contributed by atoms with Gasteiger partial charge in [0.1, 0.15) is 18.2 Å². The number of aromatic nitrogens is 3. The van der Waals surface area contributed by atoms with E-state index in [1.807, 2.05) is 0 Å². The summed E-state index contributed by atoms with van der Waals surface area (Å²) in [4.78, 5) is 53.8. The molecule has 3 rings (SSSR count). The van der Waals surface area contributed by atoms with E-state index in [1.165, 1.54) is 6.20 Å². The Morgan fingerprint density at radius 2 is 1.69 bits per heavy atom. The molecule has 0 saturated carbocycles. The van der Waals surface area contributed by atoms with E-state index >= 15 is 0 Å². The molecular weight excluding hydrogens is 559 g/mol. The number of anilines is 1. The molecule has 2 atom stereocenters. The number of ether oxygens (including phenoxy) is 3. The van der Waals surface area contributed by atoms with E-state index in [0.717, 1.165) is 0 Å². The zero-order valence-electron chi connectivity index (χ0n) is 22.7. The van der Waals surface area contributed by atoms with Gasteiger partial charge < -0.3 is 24.5 Å². The van der Waals surface area contributed by atoms with Gasteiger partial charge in [-0.05, 0) is 54.4 Å². The van der Waals surface area contributed by atoms with Crippen molar-refractivity contribution in [3.8, 4) is 0 Å². The third kappa shape index (κ3) is 8.10. The molecule has 2 unspecified atom stereocenters. The first-order chi connectivity index (χ1) is 18.0. The lowest BCUT2D eigenvalue weighted by Crippen LogP contribution is -2.26. The Morgan fingerprint density at radius 3 is 2.23 bits per heavy atom. The van der Waals surface area contributed by atoms with Gasteiger partial charge in [0.15, 0.2) is 5.65 Å². The number of nitrogen functional groups attached to an aromatic ring is 1. The van der Waals surface area contributed by atoms with Gasteiger partial charge in [-0.1, -0.05) is 11.6 Å². The van der Waals surface area contributed by atoms with Crippen molar-refractivity contribution in [3.05, 3.63) is 21.6 Å². The van der Waals surface area contributed by atoms with Crippen LogP contribution in [0.3, 0.4) is 0 Å². The second-order valence-corrected chi connectivity index (χ2v) is 13.1. The molecule has 0 aromatic carbocycles. The molecule has 218 valence electrons. The molecule has 1 saturated heterocycles. The normalized spacial score (nSPS) is 18.5. The number of esters is 2. The number of nitrogens with two attached hydrogens (primary N) is 1. The van der Waals surface area contributed by atoms with Crippen LogP contribution in [0.2, 0.25) is 5.02 Å². The van der Waals surface area contributed by atoms with E-state index in [1.54, 1.807) is 46.1 Å². The first-order valence-corrected chi connectivity index (χ1v) is 14.0. The summed E-state index contributed by atoms with van der Waals surface area (Å²) in [5, 5.41) is 0.379. The Hall–Kier alpha value is -2.32. The molecule has 0 aliphatic carbocycles. The highest BCUT2D eigenvalue weighted by molar-refractivity contribution is 7.55. The van der Waals surface area contributed by atoms with E-state index in [-0.39, 0.29) is 28.6 Å². The minimum absolute atomic E-state index is 0.0649. The van der Waals surface area contributed by atoms with Gasteiger partial charge in [-0.15, -0.1) is 9.05 Å². The van der Waals surface area contributed by atoms with E-state index in [4.69, 9.17) is 45.1 Å². The van der Waals surface area contributed by atoms with Crippen molar-refractivity contribution < 1.29 is 42.3 Å². The monoisotopic (exact) mass is 593 g/mol. The quantitative estimate of drug-likeness (QED) is 0.207. The van der Waals surface area contributed by atoms with Gasteiger partial charge in [0, 0.05) is 6.20 Å². The van der Waals surface area contributed by atoms with E-state index in [9.17, 15) is 19.3 Å². The molecule has 16 heteroatoms. The highest BCUT2D eigenvalue weighted by Crippen LogP contribution is 2.58. The van der Waals surface area contributed by atoms with Gasteiger partial charge in [0.05, 0.1) is 22.0 Å². The molecule has 0 radical (unpaired) electrons. The number of carbonyl (C=O) groups is 2. The number of hydrogen-bond donors (Lipinski definition) is 3. The van der Waals surface area contributed by atoms with Crippen molar-refractivity contribution in [2.45, 2.75) is 66.7 Å². The number of carbonyl (C=O) groups excluding carboxylic acids is 2. The molecular formula is C23H35ClN4O10P+. The first kappa shape index (κ1) is 31.2. The van der Waals surface area contributed by atoms with Crippen LogP contribution in [-0.4, -0.2) is 57.7 Å². The van der Waals surface area contributed by atoms with Gasteiger partial charge in [-0.3, -0.25) is 19.4 Å². The molecule has 39 heavy (non-hydrogen) atoms. The number of aromatic amines is 1. The standard InChI is InChI=1S/C23H34ClN4O10P/c1-22(2,3)19(30)33-11-36-39(32,37-12-34-20(31)23(4,5)6)35-10-13-7-8-15(38-13)28-9-14(24)16-17(28)26-21(25)27-18(16)29/h9,13,15,32H,7-8,10-12H2,1-6H3,(H2-,25,26,27,29)/p+1. The van der Waals surface area contributed by atoms with Gasteiger partial charge in [-0.2, -0.15) is 14.4 Å². The lowest BCUT2D eigenvalue weighted by molar-refractivity contribution is -0.165. The van der Waals surface area contributed by atoms with Crippen LogP contribution in [0.5, 0.6) is 0 Å². The lowest BCUT2D eigenvalue weighted by atomic mass is 9.98. The predicted octanol–water partition coefficient (Wildman–Crippen LogP) is 3.45. The van der Waals surface area contributed by atoms with Crippen LogP contribution in [0.4, 0.5) is 5.95 Å². The van der Waals surface area contributed by atoms with Crippen molar-refractivity contribution in [1.29, 1.82) is 0 Å². The SMILES string of the molecule is CC(C)(C)C(=O)OCO[P+](O)(OCOC(=O)C(C)(C)C)OCC1CCC(n2cc(Cl)c3c(=O)[nH]c(N)nc32)O1. The number of fused-ring (bicyclic) bond motifs is 1. The fourth-order valence-corrected chi connectivity index (χ4v) is 4.60. The number of rotatable bonds is 10. The largest absolute Gasteiger partial charge is 0.579 e.